The Balaban J connectivity index is 1.18. The van der Waals surface area contributed by atoms with Crippen molar-refractivity contribution in [1.82, 2.24) is 0 Å². The summed E-state index contributed by atoms with van der Waals surface area (Å²) in [5.41, 5.74) is 1.17. The zero-order chi connectivity index (χ0) is 41.5. The highest BCUT2D eigenvalue weighted by atomic mass is 16.6. The molecule has 58 heavy (non-hydrogen) atoms. The van der Waals surface area contributed by atoms with Crippen molar-refractivity contribution in [2.45, 2.75) is 77.4 Å². The number of hydrogen-bond donors (Lipinski definition) is 0. The van der Waals surface area contributed by atoms with Crippen LogP contribution in [0.4, 0.5) is 0 Å². The Morgan fingerprint density at radius 3 is 1.03 bits per heavy atom. The lowest BCUT2D eigenvalue weighted by atomic mass is 10.2. The normalized spacial score (nSPS) is 11.9. The molecule has 4 aromatic rings. The predicted molar refractivity (Wildman–Crippen MR) is 217 cm³/mol. The maximum absolute atomic E-state index is 12.8. The third kappa shape index (κ3) is 15.0. The molecule has 4 rings (SSSR count). The quantitative estimate of drug-likeness (QED) is 0.0359. The van der Waals surface area contributed by atoms with E-state index in [0.29, 0.717) is 35.8 Å². The molecule has 0 amide bonds. The summed E-state index contributed by atoms with van der Waals surface area (Å²) >= 11 is 0. The molecule has 0 aliphatic carbocycles. The summed E-state index contributed by atoms with van der Waals surface area (Å²) in [4.78, 5) is 51.0. The first-order valence-corrected chi connectivity index (χ1v) is 19.7. The molecule has 0 radical (unpaired) electrons. The minimum absolute atomic E-state index is 0.199. The molecule has 0 bridgehead atoms. The summed E-state index contributed by atoms with van der Waals surface area (Å²) in [6, 6.07) is 25.4. The van der Waals surface area contributed by atoms with E-state index < -0.39 is 36.1 Å². The summed E-state index contributed by atoms with van der Waals surface area (Å²) in [6.07, 6.45) is 7.33. The molecule has 0 aliphatic rings. The van der Waals surface area contributed by atoms with Crippen LogP contribution in [0.25, 0.3) is 0 Å². The second kappa shape index (κ2) is 24.8. The van der Waals surface area contributed by atoms with E-state index in [4.69, 9.17) is 37.9 Å². The Morgan fingerprint density at radius 1 is 0.414 bits per heavy atom. The summed E-state index contributed by atoms with van der Waals surface area (Å²) < 4.78 is 44.3. The van der Waals surface area contributed by atoms with Gasteiger partial charge < -0.3 is 37.9 Å². The van der Waals surface area contributed by atoms with Crippen LogP contribution in [0.15, 0.2) is 97.1 Å². The number of hydrogen-bond acceptors (Lipinski definition) is 12. The van der Waals surface area contributed by atoms with Crippen molar-refractivity contribution >= 4 is 23.9 Å². The monoisotopic (exact) mass is 798 g/mol. The number of carbonyl (C=O) groups excluding carboxylic acids is 4. The number of esters is 4. The van der Waals surface area contributed by atoms with Gasteiger partial charge in [-0.05, 0) is 110 Å². The van der Waals surface area contributed by atoms with Gasteiger partial charge in [0.1, 0.15) is 48.4 Å². The number of rotatable bonds is 25. The number of benzene rings is 4. The third-order valence-corrected chi connectivity index (χ3v) is 9.09. The SMILES string of the molecule is CCCCCCOc1ccc(C(=O)Oc2ccc(C(=O)OCC(OC)[C@@H](COC(=O)c3ccc(OC(=O)c4ccc(OCCCCCC)cc4)cc3)OC)cc2)cc1. The molecular weight excluding hydrogens is 744 g/mol. The van der Waals surface area contributed by atoms with E-state index in [1.165, 1.54) is 75.6 Å². The second-order valence-corrected chi connectivity index (χ2v) is 13.4. The van der Waals surface area contributed by atoms with Gasteiger partial charge in [0, 0.05) is 14.2 Å². The molecule has 310 valence electrons. The standard InChI is InChI=1S/C46H54O12/c1-5-7-9-11-29-53-37-21-13-35(14-22-37)45(49)57-39-25-17-33(18-26-39)43(47)55-31-41(51-3)42(52-4)32-56-44(48)34-19-27-40(28-20-34)58-46(50)36-15-23-38(24-16-36)54-30-12-10-8-6-2/h13-28,41-42H,5-12,29-32H2,1-4H3/t41-,42?/m1/s1. The smallest absolute Gasteiger partial charge is 0.343 e. The fourth-order valence-electron chi connectivity index (χ4n) is 5.60. The molecule has 0 saturated carbocycles. The van der Waals surface area contributed by atoms with Crippen molar-refractivity contribution in [3.8, 4) is 23.0 Å². The van der Waals surface area contributed by atoms with Gasteiger partial charge in [-0.25, -0.2) is 19.2 Å². The van der Waals surface area contributed by atoms with Gasteiger partial charge in [-0.2, -0.15) is 0 Å². The highest BCUT2D eigenvalue weighted by molar-refractivity contribution is 5.93. The molecule has 0 fully saturated rings. The lowest BCUT2D eigenvalue weighted by Gasteiger charge is -2.24. The minimum Gasteiger partial charge on any atom is -0.494 e. The van der Waals surface area contributed by atoms with Gasteiger partial charge in [-0.1, -0.05) is 52.4 Å². The molecule has 0 spiro atoms. The maximum Gasteiger partial charge on any atom is 0.343 e. The molecule has 4 aromatic carbocycles. The molecule has 12 heteroatoms. The fraction of sp³-hybridized carbons (Fsp3) is 0.391. The molecule has 0 saturated heterocycles. The largest absolute Gasteiger partial charge is 0.494 e. The molecule has 0 aliphatic heterocycles. The van der Waals surface area contributed by atoms with Crippen LogP contribution in [0.5, 0.6) is 23.0 Å². The molecule has 0 heterocycles. The van der Waals surface area contributed by atoms with Crippen LogP contribution in [0.3, 0.4) is 0 Å². The first-order valence-electron chi connectivity index (χ1n) is 19.7. The Bertz CT molecular complexity index is 1700. The lowest BCUT2D eigenvalue weighted by molar-refractivity contribution is -0.0862. The van der Waals surface area contributed by atoms with Crippen LogP contribution in [0, 0.1) is 0 Å². The van der Waals surface area contributed by atoms with Crippen molar-refractivity contribution < 1.29 is 57.1 Å². The van der Waals surface area contributed by atoms with Gasteiger partial charge in [0.25, 0.3) is 0 Å². The van der Waals surface area contributed by atoms with Gasteiger partial charge in [0.2, 0.25) is 0 Å². The first-order chi connectivity index (χ1) is 28.2. The summed E-state index contributed by atoms with van der Waals surface area (Å²) in [6.45, 7) is 5.17. The van der Waals surface area contributed by atoms with E-state index in [2.05, 4.69) is 13.8 Å². The summed E-state index contributed by atoms with van der Waals surface area (Å²) in [5.74, 6) is -0.498. The van der Waals surface area contributed by atoms with Crippen molar-refractivity contribution in [2.75, 3.05) is 40.6 Å². The Morgan fingerprint density at radius 2 is 0.724 bits per heavy atom. The van der Waals surface area contributed by atoms with Gasteiger partial charge in [-0.15, -0.1) is 0 Å². The highest BCUT2D eigenvalue weighted by Crippen LogP contribution is 2.20. The van der Waals surface area contributed by atoms with E-state index in [0.717, 1.165) is 38.5 Å². The van der Waals surface area contributed by atoms with Crippen molar-refractivity contribution in [1.29, 1.82) is 0 Å². The molecule has 0 aromatic heterocycles. The van der Waals surface area contributed by atoms with Crippen LogP contribution in [-0.2, 0) is 18.9 Å². The van der Waals surface area contributed by atoms with E-state index >= 15 is 0 Å². The number of methoxy groups -OCH3 is 2. The van der Waals surface area contributed by atoms with Gasteiger partial charge >= 0.3 is 23.9 Å². The lowest BCUT2D eigenvalue weighted by Crippen LogP contribution is -2.38. The van der Waals surface area contributed by atoms with Crippen LogP contribution >= 0.6 is 0 Å². The van der Waals surface area contributed by atoms with E-state index in [1.807, 2.05) is 0 Å². The fourth-order valence-corrected chi connectivity index (χ4v) is 5.60. The van der Waals surface area contributed by atoms with Crippen molar-refractivity contribution in [3.05, 3.63) is 119 Å². The zero-order valence-corrected chi connectivity index (χ0v) is 33.8. The molecule has 0 N–H and O–H groups in total. The second-order valence-electron chi connectivity index (χ2n) is 13.4. The van der Waals surface area contributed by atoms with Gasteiger partial charge in [-0.3, -0.25) is 0 Å². The number of unbranched alkanes of at least 4 members (excludes halogenated alkanes) is 6. The first kappa shape index (κ1) is 45.0. The minimum atomic E-state index is -0.770. The molecule has 1 unspecified atom stereocenters. The van der Waals surface area contributed by atoms with E-state index in [-0.39, 0.29) is 35.8 Å². The summed E-state index contributed by atoms with van der Waals surface area (Å²) in [7, 11) is 2.84. The number of ether oxygens (including phenoxy) is 8. The van der Waals surface area contributed by atoms with Crippen LogP contribution in [-0.4, -0.2) is 76.7 Å². The Labute approximate surface area is 340 Å². The van der Waals surface area contributed by atoms with Crippen LogP contribution < -0.4 is 18.9 Å². The van der Waals surface area contributed by atoms with Crippen molar-refractivity contribution in [2.24, 2.45) is 0 Å². The van der Waals surface area contributed by atoms with Crippen LogP contribution in [0.1, 0.15) is 107 Å². The Kier molecular flexibility index (Phi) is 19.2. The molecule has 2 atom stereocenters. The average molecular weight is 799 g/mol. The molecule has 12 nitrogen and oxygen atoms in total. The van der Waals surface area contributed by atoms with Crippen LogP contribution in [0.2, 0.25) is 0 Å². The molecular formula is C46H54O12. The zero-order valence-electron chi connectivity index (χ0n) is 33.8. The maximum atomic E-state index is 12.8. The van der Waals surface area contributed by atoms with Gasteiger partial charge in [0.05, 0.1) is 35.5 Å². The Hall–Kier alpha value is -5.72. The van der Waals surface area contributed by atoms with Crippen molar-refractivity contribution in [3.63, 3.8) is 0 Å². The van der Waals surface area contributed by atoms with Gasteiger partial charge in [0.15, 0.2) is 0 Å². The summed E-state index contributed by atoms with van der Waals surface area (Å²) in [5, 5.41) is 0. The highest BCUT2D eigenvalue weighted by Gasteiger charge is 2.25. The number of carbonyl (C=O) groups is 4. The predicted octanol–water partition coefficient (Wildman–Crippen LogP) is 9.09. The topological polar surface area (TPSA) is 142 Å². The van der Waals surface area contributed by atoms with E-state index in [9.17, 15) is 19.2 Å². The average Bonchev–Trinajstić information content (AvgIpc) is 3.25. The van der Waals surface area contributed by atoms with E-state index in [1.54, 1.807) is 48.5 Å². The third-order valence-electron chi connectivity index (χ3n) is 9.09.